The van der Waals surface area contributed by atoms with Gasteiger partial charge >= 0.3 is 0 Å². The van der Waals surface area contributed by atoms with Gasteiger partial charge in [-0.15, -0.1) is 0 Å². The molecule has 0 unspecified atom stereocenters. The van der Waals surface area contributed by atoms with E-state index in [-0.39, 0.29) is 0 Å². The summed E-state index contributed by atoms with van der Waals surface area (Å²) >= 11 is 6.00. The molecule has 19 heavy (non-hydrogen) atoms. The van der Waals surface area contributed by atoms with Crippen molar-refractivity contribution < 1.29 is 9.84 Å². The molecule has 4 heteroatoms. The normalized spacial score (nSPS) is 18.3. The zero-order valence-electron chi connectivity index (χ0n) is 11.4. The van der Waals surface area contributed by atoms with Gasteiger partial charge in [-0.05, 0) is 38.1 Å². The molecule has 0 amide bonds. The maximum absolute atomic E-state index is 10.4. The molecule has 3 nitrogen and oxygen atoms in total. The molecule has 106 valence electrons. The summed E-state index contributed by atoms with van der Waals surface area (Å²) in [4.78, 5) is 0. The van der Waals surface area contributed by atoms with Gasteiger partial charge in [-0.1, -0.05) is 30.9 Å². The first-order valence-corrected chi connectivity index (χ1v) is 7.29. The lowest BCUT2D eigenvalue weighted by molar-refractivity contribution is -0.0341. The Bertz CT molecular complexity index is 417. The van der Waals surface area contributed by atoms with Crippen molar-refractivity contribution in [3.05, 3.63) is 28.8 Å². The third kappa shape index (κ3) is 4.10. The van der Waals surface area contributed by atoms with Gasteiger partial charge in [0.15, 0.2) is 0 Å². The maximum atomic E-state index is 10.4. The number of rotatable bonds is 5. The van der Waals surface area contributed by atoms with Crippen molar-refractivity contribution in [1.82, 2.24) is 5.32 Å². The van der Waals surface area contributed by atoms with E-state index in [1.165, 1.54) is 6.42 Å². The third-order valence-corrected chi connectivity index (χ3v) is 3.91. The molecule has 1 saturated carbocycles. The molecule has 0 radical (unpaired) electrons. The van der Waals surface area contributed by atoms with E-state index < -0.39 is 5.60 Å². The van der Waals surface area contributed by atoms with Gasteiger partial charge in [0.05, 0.1) is 5.60 Å². The molecule has 0 heterocycles. The van der Waals surface area contributed by atoms with Gasteiger partial charge in [0.1, 0.15) is 12.4 Å². The smallest absolute Gasteiger partial charge is 0.124 e. The maximum Gasteiger partial charge on any atom is 0.124 e. The van der Waals surface area contributed by atoms with E-state index in [0.717, 1.165) is 37.0 Å². The molecule has 0 saturated heterocycles. The predicted octanol–water partition coefficient (Wildman–Crippen LogP) is 3.13. The minimum atomic E-state index is -0.658. The fraction of sp³-hybridized carbons (Fsp3) is 0.600. The minimum absolute atomic E-state index is 0.366. The van der Waals surface area contributed by atoms with Gasteiger partial charge in [0.25, 0.3) is 0 Å². The van der Waals surface area contributed by atoms with E-state index >= 15 is 0 Å². The summed E-state index contributed by atoms with van der Waals surface area (Å²) in [6.07, 6.45) is 5.06. The molecule has 2 rings (SSSR count). The first kappa shape index (κ1) is 14.6. The van der Waals surface area contributed by atoms with Crippen molar-refractivity contribution in [3.8, 4) is 5.75 Å². The Labute approximate surface area is 119 Å². The molecular formula is C15H22ClNO2. The molecule has 1 aromatic rings. The number of nitrogens with one attached hydrogen (secondary N) is 1. The van der Waals surface area contributed by atoms with E-state index in [0.29, 0.717) is 18.2 Å². The second-order valence-corrected chi connectivity index (χ2v) is 5.79. The Hall–Kier alpha value is -0.770. The molecule has 0 aromatic heterocycles. The van der Waals surface area contributed by atoms with Crippen molar-refractivity contribution >= 4 is 11.6 Å². The van der Waals surface area contributed by atoms with Gasteiger partial charge < -0.3 is 15.2 Å². The second kappa shape index (κ2) is 6.60. The number of hydrogen-bond donors (Lipinski definition) is 2. The lowest BCUT2D eigenvalue weighted by Gasteiger charge is -2.32. The highest BCUT2D eigenvalue weighted by Crippen LogP contribution is 2.30. The third-order valence-electron chi connectivity index (χ3n) is 3.67. The van der Waals surface area contributed by atoms with Crippen LogP contribution < -0.4 is 10.1 Å². The fourth-order valence-electron chi connectivity index (χ4n) is 2.58. The first-order valence-electron chi connectivity index (χ1n) is 6.91. The molecule has 0 aliphatic heterocycles. The van der Waals surface area contributed by atoms with E-state index in [1.54, 1.807) is 0 Å². The number of halogens is 1. The van der Waals surface area contributed by atoms with Crippen molar-refractivity contribution in [1.29, 1.82) is 0 Å². The van der Waals surface area contributed by atoms with Crippen LogP contribution in [0.25, 0.3) is 0 Å². The summed E-state index contributed by atoms with van der Waals surface area (Å²) < 4.78 is 5.84. The molecule has 2 N–H and O–H groups in total. The molecular weight excluding hydrogens is 262 g/mol. The summed E-state index contributed by atoms with van der Waals surface area (Å²) in [6, 6.07) is 5.60. The molecule has 1 aromatic carbocycles. The van der Waals surface area contributed by atoms with Crippen LogP contribution in [0.4, 0.5) is 0 Å². The second-order valence-electron chi connectivity index (χ2n) is 5.36. The van der Waals surface area contributed by atoms with Gasteiger partial charge in [0.2, 0.25) is 0 Å². The van der Waals surface area contributed by atoms with Crippen LogP contribution in [0.2, 0.25) is 5.02 Å². The monoisotopic (exact) mass is 283 g/mol. The Kier molecular flexibility index (Phi) is 5.08. The highest BCUT2D eigenvalue weighted by molar-refractivity contribution is 6.30. The number of hydrogen-bond acceptors (Lipinski definition) is 3. The lowest BCUT2D eigenvalue weighted by atomic mass is 9.85. The van der Waals surface area contributed by atoms with Crippen molar-refractivity contribution in [2.24, 2.45) is 0 Å². The van der Waals surface area contributed by atoms with Gasteiger partial charge in [-0.3, -0.25) is 0 Å². The Morgan fingerprint density at radius 1 is 1.32 bits per heavy atom. The quantitative estimate of drug-likeness (QED) is 0.872. The summed E-state index contributed by atoms with van der Waals surface area (Å²) in [7, 11) is 1.89. The molecule has 1 aliphatic rings. The summed E-state index contributed by atoms with van der Waals surface area (Å²) in [6.45, 7) is 1.07. The lowest BCUT2D eigenvalue weighted by Crippen LogP contribution is -2.38. The summed E-state index contributed by atoms with van der Waals surface area (Å²) in [5.41, 5.74) is 0.365. The zero-order chi connectivity index (χ0) is 13.7. The van der Waals surface area contributed by atoms with E-state index in [1.807, 2.05) is 25.2 Å². The summed E-state index contributed by atoms with van der Waals surface area (Å²) in [5, 5.41) is 14.2. The highest BCUT2D eigenvalue weighted by atomic mass is 35.5. The zero-order valence-corrected chi connectivity index (χ0v) is 12.2. The first-order chi connectivity index (χ1) is 9.13. The fourth-order valence-corrected chi connectivity index (χ4v) is 2.78. The standard InChI is InChI=1S/C15H22ClNO2/c1-17-10-12-9-13(16)5-6-14(12)19-11-15(18)7-3-2-4-8-15/h5-6,9,17-18H,2-4,7-8,10-11H2,1H3. The van der Waals surface area contributed by atoms with Gasteiger partial charge in [-0.2, -0.15) is 0 Å². The van der Waals surface area contributed by atoms with Crippen LogP contribution in [0, 0.1) is 0 Å². The minimum Gasteiger partial charge on any atom is -0.490 e. The SMILES string of the molecule is CNCc1cc(Cl)ccc1OCC1(O)CCCCC1. The van der Waals surface area contributed by atoms with Crippen LogP contribution in [-0.2, 0) is 6.54 Å². The van der Waals surface area contributed by atoms with Crippen LogP contribution in [-0.4, -0.2) is 24.4 Å². The number of benzene rings is 1. The molecule has 1 fully saturated rings. The van der Waals surface area contributed by atoms with Crippen LogP contribution in [0.5, 0.6) is 5.75 Å². The highest BCUT2D eigenvalue weighted by Gasteiger charge is 2.30. The summed E-state index contributed by atoms with van der Waals surface area (Å²) in [5.74, 6) is 0.803. The van der Waals surface area contributed by atoms with E-state index in [2.05, 4.69) is 5.32 Å². The molecule has 0 spiro atoms. The number of ether oxygens (including phenoxy) is 1. The van der Waals surface area contributed by atoms with E-state index in [4.69, 9.17) is 16.3 Å². The average Bonchev–Trinajstić information content (AvgIpc) is 2.39. The van der Waals surface area contributed by atoms with Crippen LogP contribution in [0.3, 0.4) is 0 Å². The van der Waals surface area contributed by atoms with Crippen LogP contribution in [0.15, 0.2) is 18.2 Å². The molecule has 1 aliphatic carbocycles. The van der Waals surface area contributed by atoms with Crippen molar-refractivity contribution in [3.63, 3.8) is 0 Å². The van der Waals surface area contributed by atoms with Crippen molar-refractivity contribution in [2.75, 3.05) is 13.7 Å². The predicted molar refractivity (Wildman–Crippen MR) is 77.7 cm³/mol. The Balaban J connectivity index is 2.02. The van der Waals surface area contributed by atoms with Gasteiger partial charge in [0, 0.05) is 17.1 Å². The number of aliphatic hydroxyl groups is 1. The molecule has 0 atom stereocenters. The van der Waals surface area contributed by atoms with E-state index in [9.17, 15) is 5.11 Å². The van der Waals surface area contributed by atoms with Crippen LogP contribution in [0.1, 0.15) is 37.7 Å². The average molecular weight is 284 g/mol. The topological polar surface area (TPSA) is 41.5 Å². The Morgan fingerprint density at radius 2 is 2.05 bits per heavy atom. The van der Waals surface area contributed by atoms with Crippen LogP contribution >= 0.6 is 11.6 Å². The van der Waals surface area contributed by atoms with Crippen molar-refractivity contribution in [2.45, 2.75) is 44.2 Å². The molecule has 0 bridgehead atoms. The van der Waals surface area contributed by atoms with Gasteiger partial charge in [-0.25, -0.2) is 0 Å². The Morgan fingerprint density at radius 3 is 2.74 bits per heavy atom. The largest absolute Gasteiger partial charge is 0.490 e.